The Hall–Kier alpha value is -0.560. The molecule has 11 rings (SSSR count). The van der Waals surface area contributed by atoms with Crippen LogP contribution in [0.1, 0.15) is 19.3 Å². The fourth-order valence-electron chi connectivity index (χ4n) is 11.0. The molecule has 8 fully saturated rings. The Morgan fingerprint density at radius 3 is 2.39 bits per heavy atom. The summed E-state index contributed by atoms with van der Waals surface area (Å²) < 4.78 is 6.67. The van der Waals surface area contributed by atoms with E-state index in [1.165, 1.54) is 12.8 Å². The van der Waals surface area contributed by atoms with Gasteiger partial charge in [-0.25, -0.2) is 0 Å². The lowest BCUT2D eigenvalue weighted by atomic mass is 9.37. The molecule has 1 nitrogen and oxygen atoms in total. The van der Waals surface area contributed by atoms with Crippen molar-refractivity contribution in [1.29, 1.82) is 0 Å². The summed E-state index contributed by atoms with van der Waals surface area (Å²) in [6.07, 6.45) is 15.7. The lowest BCUT2D eigenvalue weighted by Gasteiger charge is -2.68. The van der Waals surface area contributed by atoms with E-state index >= 15 is 0 Å². The first-order valence-corrected chi connectivity index (χ1v) is 10.4. The van der Waals surface area contributed by atoms with E-state index in [0.29, 0.717) is 11.7 Å². The van der Waals surface area contributed by atoms with Gasteiger partial charge >= 0.3 is 0 Å². The van der Waals surface area contributed by atoms with Gasteiger partial charge in [-0.05, 0) is 83.9 Å². The van der Waals surface area contributed by atoms with Crippen LogP contribution in [-0.2, 0) is 4.74 Å². The second-order valence-electron chi connectivity index (χ2n) is 10.7. The maximum absolute atomic E-state index is 6.67. The number of rotatable bonds is 0. The highest BCUT2D eigenvalue weighted by Crippen LogP contribution is 2.87. The van der Waals surface area contributed by atoms with E-state index in [-0.39, 0.29) is 0 Å². The van der Waals surface area contributed by atoms with Crippen LogP contribution in [0, 0.1) is 76.9 Å². The van der Waals surface area contributed by atoms with Gasteiger partial charge in [-0.3, -0.25) is 0 Å². The SMILES string of the molecule is C1=C[C@@H]2C3[C@@H]4[C@H](C1C=C[C@@H]32)[C@@H]1[C@H]4[C@H]2[C@@H]3CCC[C@@]45O[C@@H]([C@H]1[C@H]34)[C@H]25. The van der Waals surface area contributed by atoms with Gasteiger partial charge in [-0.1, -0.05) is 30.7 Å². The molecule has 1 heterocycles. The lowest BCUT2D eigenvalue weighted by Crippen LogP contribution is -2.68. The molecule has 10 aliphatic carbocycles. The van der Waals surface area contributed by atoms with Crippen molar-refractivity contribution in [2.45, 2.75) is 31.0 Å². The number of hydrogen-bond donors (Lipinski definition) is 0. The van der Waals surface area contributed by atoms with Crippen molar-refractivity contribution in [3.8, 4) is 0 Å². The van der Waals surface area contributed by atoms with Crippen LogP contribution in [0.5, 0.6) is 0 Å². The van der Waals surface area contributed by atoms with Crippen LogP contribution in [0.3, 0.4) is 0 Å². The van der Waals surface area contributed by atoms with E-state index in [0.717, 1.165) is 76.9 Å². The summed E-state index contributed by atoms with van der Waals surface area (Å²) in [5.41, 5.74) is 0.424. The minimum Gasteiger partial charge on any atom is -0.370 e. The Morgan fingerprint density at radius 2 is 1.52 bits per heavy atom. The Kier molecular flexibility index (Phi) is 1.41. The predicted molar refractivity (Wildman–Crippen MR) is 85.1 cm³/mol. The van der Waals surface area contributed by atoms with Crippen LogP contribution in [-0.4, -0.2) is 11.7 Å². The van der Waals surface area contributed by atoms with Crippen LogP contribution in [0.4, 0.5) is 0 Å². The first-order valence-electron chi connectivity index (χ1n) is 10.4. The van der Waals surface area contributed by atoms with Crippen molar-refractivity contribution >= 4 is 0 Å². The standard InChI is InChI=1S/C22H24O/c1-2-11-14-17-15-12(8-3-5-9-10(6-4-8)13(9)15)16(17)18-19(11)22(7-1)20(14)21(18)23-22/h3-6,8-21H,1-2,7H2/t8?,9-,10+,11-,12-,13?,14+,15-,16+,17-,18+,19-,20-,21-,22+/m0/s1. The van der Waals surface area contributed by atoms with E-state index < -0.39 is 0 Å². The van der Waals surface area contributed by atoms with Gasteiger partial charge in [0.25, 0.3) is 0 Å². The van der Waals surface area contributed by atoms with Crippen LogP contribution in [0.25, 0.3) is 0 Å². The predicted octanol–water partition coefficient (Wildman–Crippen LogP) is 3.53. The highest BCUT2D eigenvalue weighted by molar-refractivity contribution is 5.39. The molecule has 0 aromatic carbocycles. The van der Waals surface area contributed by atoms with E-state index in [1.54, 1.807) is 6.42 Å². The Bertz CT molecular complexity index is 716. The summed E-state index contributed by atoms with van der Waals surface area (Å²) in [5.74, 6) is 13.2. The molecule has 1 saturated heterocycles. The van der Waals surface area contributed by atoms with E-state index in [4.69, 9.17) is 4.74 Å². The molecule has 1 spiro atoms. The highest BCUT2D eigenvalue weighted by Gasteiger charge is 2.89. The van der Waals surface area contributed by atoms with Crippen LogP contribution < -0.4 is 0 Å². The molecule has 7 saturated carbocycles. The van der Waals surface area contributed by atoms with E-state index in [2.05, 4.69) is 24.3 Å². The summed E-state index contributed by atoms with van der Waals surface area (Å²) in [5, 5.41) is 0. The van der Waals surface area contributed by atoms with Gasteiger partial charge in [0.1, 0.15) is 0 Å². The van der Waals surface area contributed by atoms with Gasteiger partial charge in [-0.2, -0.15) is 0 Å². The van der Waals surface area contributed by atoms with Gasteiger partial charge in [0, 0.05) is 5.92 Å². The molecule has 118 valence electrons. The molecule has 0 radical (unpaired) electrons. The van der Waals surface area contributed by atoms with Gasteiger partial charge in [0.05, 0.1) is 11.7 Å². The normalized spacial score (nSPS) is 81.0. The molecule has 11 aliphatic rings. The summed E-state index contributed by atoms with van der Waals surface area (Å²) in [7, 11) is 0. The van der Waals surface area contributed by atoms with Crippen LogP contribution in [0.2, 0.25) is 0 Å². The molecule has 0 N–H and O–H groups in total. The zero-order chi connectivity index (χ0) is 14.2. The first kappa shape index (κ1) is 11.1. The molecule has 0 aromatic heterocycles. The summed E-state index contributed by atoms with van der Waals surface area (Å²) in [6, 6.07) is 0. The minimum atomic E-state index is 0.424. The molecule has 0 amide bonds. The minimum absolute atomic E-state index is 0.424. The highest BCUT2D eigenvalue weighted by atomic mass is 16.6. The molecular weight excluding hydrogens is 280 g/mol. The maximum atomic E-state index is 6.67. The van der Waals surface area contributed by atoms with Gasteiger partial charge in [0.2, 0.25) is 0 Å². The zero-order valence-electron chi connectivity index (χ0n) is 13.4. The third-order valence-corrected chi connectivity index (χ3v) is 11.0. The number of hydrogen-bond acceptors (Lipinski definition) is 1. The molecular formula is C22H24O. The number of allylic oxidation sites excluding steroid dienone is 4. The van der Waals surface area contributed by atoms with Crippen molar-refractivity contribution in [1.82, 2.24) is 0 Å². The van der Waals surface area contributed by atoms with Gasteiger partial charge in [0.15, 0.2) is 0 Å². The quantitative estimate of drug-likeness (QED) is 0.622. The molecule has 1 heteroatoms. The van der Waals surface area contributed by atoms with E-state index in [1.807, 2.05) is 0 Å². The summed E-state index contributed by atoms with van der Waals surface area (Å²) in [6.45, 7) is 0. The monoisotopic (exact) mass is 304 g/mol. The van der Waals surface area contributed by atoms with Gasteiger partial charge in [-0.15, -0.1) is 0 Å². The Balaban J connectivity index is 1.26. The second kappa shape index (κ2) is 2.91. The maximum Gasteiger partial charge on any atom is 0.0776 e. The zero-order valence-corrected chi connectivity index (χ0v) is 13.4. The van der Waals surface area contributed by atoms with Crippen molar-refractivity contribution in [2.75, 3.05) is 0 Å². The molecule has 2 unspecified atom stereocenters. The van der Waals surface area contributed by atoms with Crippen molar-refractivity contribution < 1.29 is 4.74 Å². The lowest BCUT2D eigenvalue weighted by molar-refractivity contribution is -0.283. The van der Waals surface area contributed by atoms with Crippen molar-refractivity contribution in [2.24, 2.45) is 76.9 Å². The fraction of sp³-hybridized carbons (Fsp3) is 0.818. The summed E-state index contributed by atoms with van der Waals surface area (Å²) in [4.78, 5) is 0. The Morgan fingerprint density at radius 1 is 0.739 bits per heavy atom. The third-order valence-electron chi connectivity index (χ3n) is 11.0. The molecule has 15 atom stereocenters. The average molecular weight is 304 g/mol. The van der Waals surface area contributed by atoms with Crippen molar-refractivity contribution in [3.05, 3.63) is 24.3 Å². The largest absolute Gasteiger partial charge is 0.370 e. The number of ether oxygens (including phenoxy) is 1. The molecule has 11 bridgehead atoms. The topological polar surface area (TPSA) is 9.23 Å². The molecule has 0 aromatic rings. The third kappa shape index (κ3) is 0.819. The van der Waals surface area contributed by atoms with Crippen LogP contribution in [0.15, 0.2) is 24.3 Å². The summed E-state index contributed by atoms with van der Waals surface area (Å²) >= 11 is 0. The molecule has 23 heavy (non-hydrogen) atoms. The van der Waals surface area contributed by atoms with Crippen LogP contribution >= 0.6 is 0 Å². The van der Waals surface area contributed by atoms with Gasteiger partial charge < -0.3 is 4.74 Å². The fourth-order valence-corrected chi connectivity index (χ4v) is 11.0. The Labute approximate surface area is 137 Å². The second-order valence-corrected chi connectivity index (χ2v) is 10.7. The molecule has 1 aliphatic heterocycles. The average Bonchev–Trinajstić information content (AvgIpc) is 3.10. The van der Waals surface area contributed by atoms with E-state index in [9.17, 15) is 0 Å². The first-order chi connectivity index (χ1) is 11.4. The van der Waals surface area contributed by atoms with Crippen molar-refractivity contribution in [3.63, 3.8) is 0 Å². The smallest absolute Gasteiger partial charge is 0.0776 e.